The standard InChI is InChI=1S/C34H47BrN8O4S/c1-40-15-17-42(18-16-40)25-11-13-43(14-12-25)30-22-32(46-3)29-20-24(30)8-6-5-7-19-47-26-9-10-28(31(21-26)41(2)48(4,44)45)37-33-27(35)23-36-34(38-29)39-33/h9-10,20-23,25H,5-8,11-19H2,1-4H3,(H2,36,37,38,39). The highest BCUT2D eigenvalue weighted by Crippen LogP contribution is 2.39. The highest BCUT2D eigenvalue weighted by atomic mass is 79.9. The lowest BCUT2D eigenvalue weighted by Crippen LogP contribution is -2.52. The van der Waals surface area contributed by atoms with Gasteiger partial charge in [-0.05, 0) is 85.3 Å². The van der Waals surface area contributed by atoms with Crippen LogP contribution in [0.2, 0.25) is 0 Å². The molecule has 0 unspecified atom stereocenters. The number of hydrogen-bond donors (Lipinski definition) is 2. The molecular weight excluding hydrogens is 696 g/mol. The van der Waals surface area contributed by atoms with E-state index >= 15 is 0 Å². The van der Waals surface area contributed by atoms with Gasteiger partial charge in [-0.3, -0.25) is 9.21 Å². The first-order valence-corrected chi connectivity index (χ1v) is 19.4. The van der Waals surface area contributed by atoms with Crippen LogP contribution in [0.4, 0.5) is 34.5 Å². The maximum Gasteiger partial charge on any atom is 0.232 e. The number of methoxy groups -OCH3 is 1. The van der Waals surface area contributed by atoms with E-state index in [1.807, 2.05) is 6.07 Å². The number of nitrogens with zero attached hydrogens (tertiary/aromatic N) is 6. The van der Waals surface area contributed by atoms with E-state index in [1.54, 1.807) is 25.4 Å². The number of aromatic nitrogens is 2. The van der Waals surface area contributed by atoms with Gasteiger partial charge in [0.2, 0.25) is 16.0 Å². The Morgan fingerprint density at radius 3 is 2.50 bits per heavy atom. The lowest BCUT2D eigenvalue weighted by Gasteiger charge is -2.43. The summed E-state index contributed by atoms with van der Waals surface area (Å²) in [6.07, 6.45) is 8.96. The summed E-state index contributed by atoms with van der Waals surface area (Å²) in [6.45, 7) is 7.19. The van der Waals surface area contributed by atoms with Crippen LogP contribution in [-0.2, 0) is 16.4 Å². The summed E-state index contributed by atoms with van der Waals surface area (Å²) in [7, 11) is 1.89. The highest BCUT2D eigenvalue weighted by Gasteiger charge is 2.28. The molecule has 0 spiro atoms. The maximum absolute atomic E-state index is 12.5. The molecule has 2 N–H and O–H groups in total. The van der Waals surface area contributed by atoms with Gasteiger partial charge in [0.15, 0.2) is 0 Å². The number of anilines is 6. The molecule has 2 fully saturated rings. The monoisotopic (exact) mass is 742 g/mol. The quantitative estimate of drug-likeness (QED) is 0.348. The molecule has 0 atom stereocenters. The lowest BCUT2D eigenvalue weighted by molar-refractivity contribution is 0.0982. The summed E-state index contributed by atoms with van der Waals surface area (Å²) in [5.41, 5.74) is 4.31. The summed E-state index contributed by atoms with van der Waals surface area (Å²) in [6, 6.07) is 10.4. The van der Waals surface area contributed by atoms with Gasteiger partial charge in [0.05, 0.1) is 41.5 Å². The van der Waals surface area contributed by atoms with Crippen molar-refractivity contribution in [2.75, 3.05) is 93.2 Å². The van der Waals surface area contributed by atoms with Crippen LogP contribution in [0.15, 0.2) is 41.0 Å². The topological polar surface area (TPSA) is 115 Å². The maximum atomic E-state index is 12.5. The van der Waals surface area contributed by atoms with Crippen molar-refractivity contribution in [1.29, 1.82) is 0 Å². The van der Waals surface area contributed by atoms with Crippen LogP contribution in [0.3, 0.4) is 0 Å². The second-order valence-electron chi connectivity index (χ2n) is 12.9. The van der Waals surface area contributed by atoms with Crippen LogP contribution >= 0.6 is 15.9 Å². The summed E-state index contributed by atoms with van der Waals surface area (Å²) < 4.78 is 39.0. The van der Waals surface area contributed by atoms with Crippen LogP contribution < -0.4 is 29.3 Å². The smallest absolute Gasteiger partial charge is 0.232 e. The molecule has 5 heterocycles. The second-order valence-corrected chi connectivity index (χ2v) is 15.8. The van der Waals surface area contributed by atoms with Gasteiger partial charge in [-0.2, -0.15) is 4.98 Å². The van der Waals surface area contributed by atoms with Crippen LogP contribution in [0.1, 0.15) is 37.7 Å². The van der Waals surface area contributed by atoms with Crippen LogP contribution in [-0.4, -0.2) is 108 Å². The molecular formula is C34H47BrN8O4S. The van der Waals surface area contributed by atoms with Gasteiger partial charge >= 0.3 is 0 Å². The largest absolute Gasteiger partial charge is 0.494 e. The summed E-state index contributed by atoms with van der Waals surface area (Å²) >= 11 is 3.56. The predicted octanol–water partition coefficient (Wildman–Crippen LogP) is 5.45. The van der Waals surface area contributed by atoms with Gasteiger partial charge in [-0.15, -0.1) is 0 Å². The Morgan fingerprint density at radius 1 is 1.00 bits per heavy atom. The molecule has 6 bridgehead atoms. The van der Waals surface area contributed by atoms with Gasteiger partial charge in [-0.1, -0.05) is 0 Å². The Labute approximate surface area is 293 Å². The molecule has 2 saturated heterocycles. The van der Waals surface area contributed by atoms with E-state index in [1.165, 1.54) is 28.9 Å². The fraction of sp³-hybridized carbons (Fsp3) is 0.529. The SMILES string of the molecule is COc1cc(N2CCC(N3CCN(C)CC3)CC2)c2cc1Nc1ncc(Br)c(n1)Nc1ccc(cc1N(C)S(C)(=O)=O)OCCCCC2. The molecule has 1 aromatic heterocycles. The third kappa shape index (κ3) is 8.10. The van der Waals surface area contributed by atoms with Crippen molar-refractivity contribution < 1.29 is 17.9 Å². The summed E-state index contributed by atoms with van der Waals surface area (Å²) in [5, 5.41) is 6.71. The molecule has 2 aromatic carbocycles. The average molecular weight is 744 g/mol. The Bertz CT molecular complexity index is 1690. The number of nitrogens with one attached hydrogen (secondary N) is 2. The molecule has 260 valence electrons. The van der Waals surface area contributed by atoms with Crippen molar-refractivity contribution in [3.8, 4) is 11.5 Å². The first kappa shape index (κ1) is 34.5. The Hall–Kier alpha value is -3.33. The predicted molar refractivity (Wildman–Crippen MR) is 196 cm³/mol. The van der Waals surface area contributed by atoms with Crippen LogP contribution in [0.5, 0.6) is 11.5 Å². The van der Waals surface area contributed by atoms with E-state index in [-0.39, 0.29) is 0 Å². The van der Waals surface area contributed by atoms with Crippen molar-refractivity contribution in [1.82, 2.24) is 19.8 Å². The number of hydrogen-bond acceptors (Lipinski definition) is 11. The molecule has 4 aliphatic heterocycles. The third-order valence-electron chi connectivity index (χ3n) is 9.67. The summed E-state index contributed by atoms with van der Waals surface area (Å²) in [5.74, 6) is 2.19. The van der Waals surface area contributed by atoms with Crippen LogP contribution in [0.25, 0.3) is 0 Å². The normalized spacial score (nSPS) is 18.6. The number of piperazine rings is 1. The number of halogens is 1. The van der Waals surface area contributed by atoms with Crippen LogP contribution in [0, 0.1) is 0 Å². The van der Waals surface area contributed by atoms with E-state index in [9.17, 15) is 8.42 Å². The van der Waals surface area contributed by atoms with Gasteiger partial charge in [0.1, 0.15) is 17.3 Å². The first-order valence-electron chi connectivity index (χ1n) is 16.7. The molecule has 48 heavy (non-hydrogen) atoms. The zero-order chi connectivity index (χ0) is 33.8. The Balaban J connectivity index is 1.29. The minimum atomic E-state index is -3.54. The van der Waals surface area contributed by atoms with Gasteiger partial charge in [-0.25, -0.2) is 13.4 Å². The van der Waals surface area contributed by atoms with Gasteiger partial charge in [0, 0.05) is 76.4 Å². The fourth-order valence-corrected chi connectivity index (χ4v) is 7.53. The average Bonchev–Trinajstić information content (AvgIpc) is 3.07. The number of sulfonamides is 1. The van der Waals surface area contributed by atoms with E-state index < -0.39 is 10.0 Å². The minimum absolute atomic E-state index is 0.379. The van der Waals surface area contributed by atoms with Gasteiger partial charge in [0.25, 0.3) is 0 Å². The molecule has 0 aliphatic carbocycles. The lowest BCUT2D eigenvalue weighted by atomic mass is 9.98. The Morgan fingerprint density at radius 2 is 1.77 bits per heavy atom. The molecule has 0 amide bonds. The number of fused-ring (bicyclic) bond motifs is 7. The summed E-state index contributed by atoms with van der Waals surface area (Å²) in [4.78, 5) is 16.9. The Kier molecular flexibility index (Phi) is 10.8. The van der Waals surface area contributed by atoms with Crippen molar-refractivity contribution in [2.24, 2.45) is 0 Å². The molecule has 14 heteroatoms. The minimum Gasteiger partial charge on any atom is -0.494 e. The molecule has 12 nitrogen and oxygen atoms in total. The van der Waals surface area contributed by atoms with Gasteiger partial charge < -0.3 is 29.9 Å². The fourth-order valence-electron chi connectivity index (χ4n) is 6.73. The third-order valence-corrected chi connectivity index (χ3v) is 11.4. The molecule has 7 rings (SSSR count). The van der Waals surface area contributed by atoms with E-state index in [0.29, 0.717) is 46.0 Å². The number of likely N-dealkylation sites (N-methyl/N-ethyl adjacent to an activating group) is 1. The zero-order valence-electron chi connectivity index (χ0n) is 28.3. The zero-order valence-corrected chi connectivity index (χ0v) is 30.7. The van der Waals surface area contributed by atoms with Crippen molar-refractivity contribution in [3.63, 3.8) is 0 Å². The van der Waals surface area contributed by atoms with Crippen molar-refractivity contribution in [3.05, 3.63) is 46.6 Å². The number of ether oxygens (including phenoxy) is 2. The number of aryl methyl sites for hydroxylation is 1. The second kappa shape index (κ2) is 15.1. The van der Waals surface area contributed by atoms with Crippen molar-refractivity contribution in [2.45, 2.75) is 44.6 Å². The molecule has 3 aromatic rings. The molecule has 4 aliphatic rings. The van der Waals surface area contributed by atoms with Crippen molar-refractivity contribution >= 4 is 60.5 Å². The number of benzene rings is 2. The van der Waals surface area contributed by atoms with E-state index in [4.69, 9.17) is 14.5 Å². The van der Waals surface area contributed by atoms with E-state index in [0.717, 1.165) is 89.2 Å². The molecule has 0 radical (unpaired) electrons. The first-order chi connectivity index (χ1) is 23.1. The van der Waals surface area contributed by atoms with E-state index in [2.05, 4.69) is 65.4 Å². The number of rotatable bonds is 5. The molecule has 0 saturated carbocycles. The number of piperidine rings is 1. The highest BCUT2D eigenvalue weighted by molar-refractivity contribution is 9.10.